The number of carboxylic acid groups (broad SMARTS) is 1. The first-order valence-corrected chi connectivity index (χ1v) is 5.62. The van der Waals surface area contributed by atoms with Crippen LogP contribution in [0.5, 0.6) is 0 Å². The smallest absolute Gasteiger partial charge is 0.326 e. The Labute approximate surface area is 114 Å². The lowest BCUT2D eigenvalue weighted by atomic mass is 10.1. The molecule has 0 saturated heterocycles. The van der Waals surface area contributed by atoms with Crippen molar-refractivity contribution in [2.24, 2.45) is 5.73 Å². The first kappa shape index (κ1) is 15.1. The van der Waals surface area contributed by atoms with Crippen LogP contribution >= 0.6 is 0 Å². The fraction of sp³-hybridized carbons (Fsp3) is 0.250. The summed E-state index contributed by atoms with van der Waals surface area (Å²) in [4.78, 5) is 37.1. The van der Waals surface area contributed by atoms with E-state index in [-0.39, 0.29) is 24.1 Å². The number of pyridine rings is 1. The van der Waals surface area contributed by atoms with Crippen LogP contribution in [-0.2, 0) is 9.59 Å². The van der Waals surface area contributed by atoms with Crippen LogP contribution in [0.4, 0.5) is 0 Å². The average Bonchev–Trinajstić information content (AvgIpc) is 2.42. The van der Waals surface area contributed by atoms with Gasteiger partial charge in [-0.15, -0.1) is 0 Å². The summed E-state index contributed by atoms with van der Waals surface area (Å²) in [7, 11) is 0. The van der Waals surface area contributed by atoms with E-state index < -0.39 is 23.8 Å². The second-order valence-corrected chi connectivity index (χ2v) is 3.91. The van der Waals surface area contributed by atoms with E-state index >= 15 is 0 Å². The quantitative estimate of drug-likeness (QED) is 0.632. The molecular formula is C12H12N4O4. The number of carbonyl (C=O) groups excluding carboxylic acids is 2. The highest BCUT2D eigenvalue weighted by Crippen LogP contribution is 2.02. The molecule has 8 nitrogen and oxygen atoms in total. The number of primary amides is 1. The van der Waals surface area contributed by atoms with E-state index in [2.05, 4.69) is 10.3 Å². The molecule has 4 N–H and O–H groups in total. The Morgan fingerprint density at radius 2 is 2.15 bits per heavy atom. The van der Waals surface area contributed by atoms with Crippen LogP contribution in [-0.4, -0.2) is 33.9 Å². The number of hydrogen-bond donors (Lipinski definition) is 3. The van der Waals surface area contributed by atoms with Crippen molar-refractivity contribution >= 4 is 17.8 Å². The number of amides is 2. The zero-order chi connectivity index (χ0) is 15.1. The molecule has 1 aromatic rings. The Kier molecular flexibility index (Phi) is 5.17. The van der Waals surface area contributed by atoms with Gasteiger partial charge in [-0.1, -0.05) is 0 Å². The van der Waals surface area contributed by atoms with Gasteiger partial charge < -0.3 is 16.2 Å². The zero-order valence-corrected chi connectivity index (χ0v) is 10.4. The minimum absolute atomic E-state index is 0.0191. The number of carbonyl (C=O) groups is 3. The highest BCUT2D eigenvalue weighted by Gasteiger charge is 2.21. The lowest BCUT2D eigenvalue weighted by Gasteiger charge is -2.13. The molecule has 0 bridgehead atoms. The van der Waals surface area contributed by atoms with Gasteiger partial charge >= 0.3 is 5.97 Å². The third-order valence-electron chi connectivity index (χ3n) is 2.41. The fourth-order valence-corrected chi connectivity index (χ4v) is 1.37. The minimum atomic E-state index is -1.27. The molecule has 0 aromatic carbocycles. The molecule has 0 spiro atoms. The summed E-state index contributed by atoms with van der Waals surface area (Å²) in [6.07, 6.45) is 0.943. The van der Waals surface area contributed by atoms with Gasteiger partial charge in [0.2, 0.25) is 5.91 Å². The van der Waals surface area contributed by atoms with Gasteiger partial charge in [0.25, 0.3) is 5.91 Å². The molecule has 0 radical (unpaired) electrons. The van der Waals surface area contributed by atoms with Gasteiger partial charge in [0.05, 0.1) is 5.56 Å². The Bertz CT molecular complexity index is 562. The van der Waals surface area contributed by atoms with Gasteiger partial charge in [-0.05, 0) is 18.6 Å². The van der Waals surface area contributed by atoms with Crippen molar-refractivity contribution in [1.29, 1.82) is 5.26 Å². The van der Waals surface area contributed by atoms with Gasteiger partial charge in [-0.3, -0.25) is 9.59 Å². The standard InChI is InChI=1S/C12H12N4O4/c13-5-7-1-2-8(15-6-7)11(18)16-9(12(19)20)3-4-10(14)17/h1-2,6,9H,3-4H2,(H2,14,17)(H,16,18)(H,19,20)/t9-/m0/s1. The van der Waals surface area contributed by atoms with Crippen LogP contribution in [0.3, 0.4) is 0 Å². The second kappa shape index (κ2) is 6.84. The van der Waals surface area contributed by atoms with Crippen LogP contribution in [0.15, 0.2) is 18.3 Å². The van der Waals surface area contributed by atoms with Crippen molar-refractivity contribution in [2.45, 2.75) is 18.9 Å². The maximum absolute atomic E-state index is 11.8. The van der Waals surface area contributed by atoms with Crippen molar-refractivity contribution in [1.82, 2.24) is 10.3 Å². The summed E-state index contributed by atoms with van der Waals surface area (Å²) < 4.78 is 0. The number of aliphatic carboxylic acids is 1. The maximum Gasteiger partial charge on any atom is 0.326 e. The number of aromatic nitrogens is 1. The summed E-state index contributed by atoms with van der Waals surface area (Å²) in [6, 6.07) is 3.31. The summed E-state index contributed by atoms with van der Waals surface area (Å²) in [5, 5.41) is 19.8. The average molecular weight is 276 g/mol. The highest BCUT2D eigenvalue weighted by molar-refractivity contribution is 5.95. The highest BCUT2D eigenvalue weighted by atomic mass is 16.4. The van der Waals surface area contributed by atoms with E-state index in [1.165, 1.54) is 18.3 Å². The third-order valence-corrected chi connectivity index (χ3v) is 2.41. The minimum Gasteiger partial charge on any atom is -0.480 e. The Hall–Kier alpha value is -2.95. The number of nitrogens with zero attached hydrogens (tertiary/aromatic N) is 2. The first-order valence-electron chi connectivity index (χ1n) is 5.62. The second-order valence-electron chi connectivity index (χ2n) is 3.91. The topological polar surface area (TPSA) is 146 Å². The van der Waals surface area contributed by atoms with Crippen LogP contribution < -0.4 is 11.1 Å². The molecule has 1 rings (SSSR count). The molecule has 104 valence electrons. The van der Waals surface area contributed by atoms with E-state index in [0.29, 0.717) is 0 Å². The number of nitrogens with two attached hydrogens (primary N) is 1. The zero-order valence-electron chi connectivity index (χ0n) is 10.4. The number of hydrogen-bond acceptors (Lipinski definition) is 5. The molecule has 20 heavy (non-hydrogen) atoms. The molecule has 0 aliphatic rings. The Morgan fingerprint density at radius 3 is 2.60 bits per heavy atom. The van der Waals surface area contributed by atoms with Crippen LogP contribution in [0, 0.1) is 11.3 Å². The van der Waals surface area contributed by atoms with E-state index in [0.717, 1.165) is 0 Å². The molecule has 0 fully saturated rings. The normalized spacial score (nSPS) is 11.2. The van der Waals surface area contributed by atoms with Crippen LogP contribution in [0.2, 0.25) is 0 Å². The number of carboxylic acids is 1. The molecule has 0 aliphatic heterocycles. The largest absolute Gasteiger partial charge is 0.480 e. The van der Waals surface area contributed by atoms with Crippen molar-refractivity contribution in [2.75, 3.05) is 0 Å². The molecule has 8 heteroatoms. The SMILES string of the molecule is N#Cc1ccc(C(=O)N[C@@H](CCC(N)=O)C(=O)O)nc1. The van der Waals surface area contributed by atoms with Crippen molar-refractivity contribution in [3.05, 3.63) is 29.6 Å². The summed E-state index contributed by atoms with van der Waals surface area (Å²) in [5.74, 6) is -2.62. The van der Waals surface area contributed by atoms with E-state index in [1.807, 2.05) is 6.07 Å². The molecule has 0 saturated carbocycles. The van der Waals surface area contributed by atoms with Crippen molar-refractivity contribution in [3.8, 4) is 6.07 Å². The molecule has 1 heterocycles. The third kappa shape index (κ3) is 4.38. The lowest BCUT2D eigenvalue weighted by molar-refractivity contribution is -0.139. The van der Waals surface area contributed by atoms with Crippen molar-refractivity contribution in [3.63, 3.8) is 0 Å². The fourth-order valence-electron chi connectivity index (χ4n) is 1.37. The summed E-state index contributed by atoms with van der Waals surface area (Å²) in [5.41, 5.74) is 5.19. The molecule has 0 unspecified atom stereocenters. The molecular weight excluding hydrogens is 264 g/mol. The molecule has 1 aromatic heterocycles. The number of nitrogens with one attached hydrogen (secondary N) is 1. The van der Waals surface area contributed by atoms with E-state index in [9.17, 15) is 14.4 Å². The van der Waals surface area contributed by atoms with E-state index in [1.54, 1.807) is 0 Å². The molecule has 2 amide bonds. The monoisotopic (exact) mass is 276 g/mol. The van der Waals surface area contributed by atoms with Gasteiger partial charge in [0.15, 0.2) is 0 Å². The number of rotatable bonds is 6. The van der Waals surface area contributed by atoms with Gasteiger partial charge in [0, 0.05) is 12.6 Å². The summed E-state index contributed by atoms with van der Waals surface area (Å²) in [6.45, 7) is 0. The summed E-state index contributed by atoms with van der Waals surface area (Å²) >= 11 is 0. The lowest BCUT2D eigenvalue weighted by Crippen LogP contribution is -2.41. The Balaban J connectivity index is 2.72. The van der Waals surface area contributed by atoms with Crippen LogP contribution in [0.25, 0.3) is 0 Å². The molecule has 1 atom stereocenters. The van der Waals surface area contributed by atoms with Crippen molar-refractivity contribution < 1.29 is 19.5 Å². The predicted molar refractivity (Wildman–Crippen MR) is 66.3 cm³/mol. The maximum atomic E-state index is 11.8. The van der Waals surface area contributed by atoms with Crippen LogP contribution in [0.1, 0.15) is 28.9 Å². The Morgan fingerprint density at radius 1 is 1.45 bits per heavy atom. The van der Waals surface area contributed by atoms with E-state index in [4.69, 9.17) is 16.1 Å². The van der Waals surface area contributed by atoms with Gasteiger partial charge in [-0.2, -0.15) is 5.26 Å². The molecule has 0 aliphatic carbocycles. The predicted octanol–water partition coefficient (Wildman–Crippen LogP) is -0.598. The van der Waals surface area contributed by atoms with Gasteiger partial charge in [-0.25, -0.2) is 9.78 Å². The first-order chi connectivity index (χ1) is 9.43. The number of nitriles is 1. The van der Waals surface area contributed by atoms with Gasteiger partial charge in [0.1, 0.15) is 17.8 Å².